The van der Waals surface area contributed by atoms with E-state index in [0.717, 1.165) is 11.3 Å². The molecule has 0 aliphatic heterocycles. The summed E-state index contributed by atoms with van der Waals surface area (Å²) in [5.41, 5.74) is 1.38. The van der Waals surface area contributed by atoms with Gasteiger partial charge in [-0.1, -0.05) is 32.0 Å². The van der Waals surface area contributed by atoms with E-state index in [2.05, 4.69) is 10.6 Å². The minimum atomic E-state index is -0.551. The van der Waals surface area contributed by atoms with Crippen LogP contribution in [0.5, 0.6) is 0 Å². The molecule has 0 unspecified atom stereocenters. The first-order valence-corrected chi connectivity index (χ1v) is 9.61. The molecule has 0 radical (unpaired) electrons. The third kappa shape index (κ3) is 5.40. The standard InChI is InChI=1S/C20H24N2O4S/c1-5-26-20(25)16-13(4)17(18(24)21-14-9-7-6-8-10-14)27-19(16)22-15(23)11-12(2)3/h6-10,12H,5,11H2,1-4H3,(H,21,24)(H,22,23). The van der Waals surface area contributed by atoms with Crippen molar-refractivity contribution in [2.75, 3.05) is 17.2 Å². The second-order valence-electron chi connectivity index (χ2n) is 6.45. The molecule has 0 saturated carbocycles. The lowest BCUT2D eigenvalue weighted by Crippen LogP contribution is -2.16. The number of para-hydroxylation sites is 1. The maximum atomic E-state index is 12.7. The number of carbonyl (C=O) groups excluding carboxylic acids is 3. The second kappa shape index (κ2) is 9.32. The van der Waals surface area contributed by atoms with E-state index in [-0.39, 0.29) is 29.9 Å². The molecule has 27 heavy (non-hydrogen) atoms. The summed E-state index contributed by atoms with van der Waals surface area (Å²) in [5, 5.41) is 5.91. The summed E-state index contributed by atoms with van der Waals surface area (Å²) >= 11 is 1.08. The highest BCUT2D eigenvalue weighted by Gasteiger charge is 2.26. The molecule has 2 aromatic rings. The Bertz CT molecular complexity index is 828. The zero-order valence-electron chi connectivity index (χ0n) is 15.9. The smallest absolute Gasteiger partial charge is 0.341 e. The predicted octanol–water partition coefficient (Wildman–Crippen LogP) is 4.47. The summed E-state index contributed by atoms with van der Waals surface area (Å²) in [5.74, 6) is -0.909. The molecule has 0 atom stereocenters. The van der Waals surface area contributed by atoms with Gasteiger partial charge in [-0.25, -0.2) is 4.79 Å². The van der Waals surface area contributed by atoms with Gasteiger partial charge in [-0.15, -0.1) is 11.3 Å². The number of nitrogens with one attached hydrogen (secondary N) is 2. The zero-order valence-corrected chi connectivity index (χ0v) is 16.7. The minimum Gasteiger partial charge on any atom is -0.462 e. The number of hydrogen-bond donors (Lipinski definition) is 2. The minimum absolute atomic E-state index is 0.179. The maximum Gasteiger partial charge on any atom is 0.341 e. The summed E-state index contributed by atoms with van der Waals surface area (Å²) in [6, 6.07) is 9.04. The second-order valence-corrected chi connectivity index (χ2v) is 7.47. The van der Waals surface area contributed by atoms with E-state index in [0.29, 0.717) is 27.5 Å². The Hall–Kier alpha value is -2.67. The SMILES string of the molecule is CCOC(=O)c1c(NC(=O)CC(C)C)sc(C(=O)Nc2ccccc2)c1C. The average Bonchev–Trinajstić information content (AvgIpc) is 2.91. The largest absolute Gasteiger partial charge is 0.462 e. The molecule has 0 aliphatic carbocycles. The van der Waals surface area contributed by atoms with Crippen LogP contribution in [0.2, 0.25) is 0 Å². The van der Waals surface area contributed by atoms with Crippen molar-refractivity contribution in [3.8, 4) is 0 Å². The lowest BCUT2D eigenvalue weighted by atomic mass is 10.1. The third-order valence-corrected chi connectivity index (χ3v) is 4.92. The zero-order chi connectivity index (χ0) is 20.0. The van der Waals surface area contributed by atoms with Crippen LogP contribution in [-0.2, 0) is 9.53 Å². The number of carbonyl (C=O) groups is 3. The Kier molecular flexibility index (Phi) is 7.12. The molecule has 0 bridgehead atoms. The van der Waals surface area contributed by atoms with Crippen LogP contribution in [0.15, 0.2) is 30.3 Å². The van der Waals surface area contributed by atoms with Crippen molar-refractivity contribution in [1.82, 2.24) is 0 Å². The lowest BCUT2D eigenvalue weighted by molar-refractivity contribution is -0.116. The van der Waals surface area contributed by atoms with Gasteiger partial charge in [-0.3, -0.25) is 9.59 Å². The van der Waals surface area contributed by atoms with E-state index in [1.54, 1.807) is 26.0 Å². The molecule has 0 fully saturated rings. The number of ether oxygens (including phenoxy) is 1. The van der Waals surface area contributed by atoms with Crippen molar-refractivity contribution in [2.45, 2.75) is 34.1 Å². The van der Waals surface area contributed by atoms with Gasteiger partial charge in [0, 0.05) is 12.1 Å². The molecule has 0 saturated heterocycles. The molecule has 7 heteroatoms. The van der Waals surface area contributed by atoms with Crippen LogP contribution >= 0.6 is 11.3 Å². The van der Waals surface area contributed by atoms with Gasteiger partial charge in [-0.2, -0.15) is 0 Å². The number of rotatable bonds is 7. The van der Waals surface area contributed by atoms with Crippen molar-refractivity contribution < 1.29 is 19.1 Å². The molecule has 144 valence electrons. The van der Waals surface area contributed by atoms with Crippen LogP contribution in [0.25, 0.3) is 0 Å². The van der Waals surface area contributed by atoms with Gasteiger partial charge in [0.1, 0.15) is 5.00 Å². The molecule has 2 rings (SSSR count). The van der Waals surface area contributed by atoms with Crippen LogP contribution in [-0.4, -0.2) is 24.4 Å². The summed E-state index contributed by atoms with van der Waals surface area (Å²) in [6.07, 6.45) is 0.324. The number of anilines is 2. The van der Waals surface area contributed by atoms with E-state index in [1.165, 1.54) is 0 Å². The summed E-state index contributed by atoms with van der Waals surface area (Å²) in [7, 11) is 0. The Labute approximate surface area is 162 Å². The van der Waals surface area contributed by atoms with Crippen molar-refractivity contribution in [2.24, 2.45) is 5.92 Å². The fraction of sp³-hybridized carbons (Fsp3) is 0.350. The molecule has 0 aliphatic rings. The fourth-order valence-corrected chi connectivity index (χ4v) is 3.63. The van der Waals surface area contributed by atoms with E-state index in [1.807, 2.05) is 32.0 Å². The summed E-state index contributed by atoms with van der Waals surface area (Å²) in [6.45, 7) is 7.47. The maximum absolute atomic E-state index is 12.7. The highest BCUT2D eigenvalue weighted by atomic mass is 32.1. The van der Waals surface area contributed by atoms with Gasteiger partial charge in [0.25, 0.3) is 5.91 Å². The number of benzene rings is 1. The van der Waals surface area contributed by atoms with Crippen LogP contribution in [0.1, 0.15) is 52.8 Å². The van der Waals surface area contributed by atoms with Gasteiger partial charge in [0.15, 0.2) is 0 Å². The first kappa shape index (κ1) is 20.6. The normalized spacial score (nSPS) is 10.6. The van der Waals surface area contributed by atoms with E-state index < -0.39 is 5.97 Å². The summed E-state index contributed by atoms with van der Waals surface area (Å²) in [4.78, 5) is 37.6. The summed E-state index contributed by atoms with van der Waals surface area (Å²) < 4.78 is 5.11. The highest BCUT2D eigenvalue weighted by Crippen LogP contribution is 2.34. The van der Waals surface area contributed by atoms with E-state index >= 15 is 0 Å². The first-order chi connectivity index (χ1) is 12.8. The Morgan fingerprint density at radius 1 is 1.11 bits per heavy atom. The lowest BCUT2D eigenvalue weighted by Gasteiger charge is -2.08. The van der Waals surface area contributed by atoms with Gasteiger partial charge in [0.05, 0.1) is 17.0 Å². The Balaban J connectivity index is 2.34. The quantitative estimate of drug-likeness (QED) is 0.686. The van der Waals surface area contributed by atoms with Crippen LogP contribution in [0, 0.1) is 12.8 Å². The molecular formula is C20H24N2O4S. The molecule has 1 aromatic carbocycles. The monoisotopic (exact) mass is 388 g/mol. The average molecular weight is 388 g/mol. The molecule has 6 nitrogen and oxygen atoms in total. The molecule has 1 heterocycles. The molecule has 1 aromatic heterocycles. The van der Waals surface area contributed by atoms with Gasteiger partial charge in [0.2, 0.25) is 5.91 Å². The van der Waals surface area contributed by atoms with Crippen LogP contribution in [0.3, 0.4) is 0 Å². The third-order valence-electron chi connectivity index (χ3n) is 3.71. The van der Waals surface area contributed by atoms with Crippen LogP contribution in [0.4, 0.5) is 10.7 Å². The molecular weight excluding hydrogens is 364 g/mol. The number of thiophene rings is 1. The van der Waals surface area contributed by atoms with Crippen LogP contribution < -0.4 is 10.6 Å². The van der Waals surface area contributed by atoms with Gasteiger partial charge < -0.3 is 15.4 Å². The van der Waals surface area contributed by atoms with Crippen molar-refractivity contribution >= 4 is 39.8 Å². The van der Waals surface area contributed by atoms with Crippen molar-refractivity contribution in [3.63, 3.8) is 0 Å². The van der Waals surface area contributed by atoms with Gasteiger partial charge in [-0.05, 0) is 37.5 Å². The first-order valence-electron chi connectivity index (χ1n) is 8.80. The topological polar surface area (TPSA) is 84.5 Å². The number of amides is 2. The number of hydrogen-bond acceptors (Lipinski definition) is 5. The van der Waals surface area contributed by atoms with E-state index in [9.17, 15) is 14.4 Å². The Morgan fingerprint density at radius 2 is 1.78 bits per heavy atom. The highest BCUT2D eigenvalue weighted by molar-refractivity contribution is 7.18. The Morgan fingerprint density at radius 3 is 2.37 bits per heavy atom. The predicted molar refractivity (Wildman–Crippen MR) is 107 cm³/mol. The number of esters is 1. The van der Waals surface area contributed by atoms with Gasteiger partial charge >= 0.3 is 5.97 Å². The molecule has 2 N–H and O–H groups in total. The molecule has 0 spiro atoms. The molecule has 2 amide bonds. The van der Waals surface area contributed by atoms with Crippen molar-refractivity contribution in [1.29, 1.82) is 0 Å². The van der Waals surface area contributed by atoms with Crippen molar-refractivity contribution in [3.05, 3.63) is 46.3 Å². The fourth-order valence-electron chi connectivity index (χ4n) is 2.52. The van der Waals surface area contributed by atoms with E-state index in [4.69, 9.17) is 4.74 Å².